The van der Waals surface area contributed by atoms with Gasteiger partial charge in [-0.1, -0.05) is 23.9 Å². The van der Waals surface area contributed by atoms with Gasteiger partial charge in [0.15, 0.2) is 0 Å². The average molecular weight is 362 g/mol. The summed E-state index contributed by atoms with van der Waals surface area (Å²) in [6.45, 7) is 0. The van der Waals surface area contributed by atoms with Crippen molar-refractivity contribution in [3.63, 3.8) is 0 Å². The van der Waals surface area contributed by atoms with Crippen LogP contribution < -0.4 is 10.6 Å². The van der Waals surface area contributed by atoms with Gasteiger partial charge in [0.2, 0.25) is 5.91 Å². The molecule has 0 saturated heterocycles. The van der Waals surface area contributed by atoms with Crippen LogP contribution in [-0.4, -0.2) is 27.7 Å². The summed E-state index contributed by atoms with van der Waals surface area (Å²) in [4.78, 5) is 31.8. The third-order valence-corrected chi connectivity index (χ3v) is 4.95. The minimum absolute atomic E-state index is 0.00606. The van der Waals surface area contributed by atoms with Gasteiger partial charge in [0.25, 0.3) is 0 Å². The highest BCUT2D eigenvalue weighted by atomic mass is 32.2. The number of rotatable bonds is 4. The van der Waals surface area contributed by atoms with Gasteiger partial charge >= 0.3 is 6.03 Å². The number of hydrogen-bond acceptors (Lipinski definition) is 6. The van der Waals surface area contributed by atoms with Gasteiger partial charge in [-0.3, -0.25) is 10.1 Å². The van der Waals surface area contributed by atoms with E-state index in [4.69, 9.17) is 0 Å². The number of anilines is 1. The van der Waals surface area contributed by atoms with Crippen molar-refractivity contribution in [3.05, 3.63) is 47.9 Å². The van der Waals surface area contributed by atoms with Gasteiger partial charge in [-0.05, 0) is 23.6 Å². The van der Waals surface area contributed by atoms with Crippen molar-refractivity contribution in [1.82, 2.24) is 15.3 Å². The van der Waals surface area contributed by atoms with E-state index in [2.05, 4.69) is 20.6 Å². The fraction of sp³-hybridized carbons (Fsp3) is 0.0667. The average Bonchev–Trinajstić information content (AvgIpc) is 3.04. The van der Waals surface area contributed by atoms with Crippen LogP contribution in [0.1, 0.15) is 0 Å². The Hall–Kier alpha value is -2.52. The Morgan fingerprint density at radius 2 is 2.04 bits per heavy atom. The zero-order valence-corrected chi connectivity index (χ0v) is 13.8. The molecule has 3 aromatic rings. The lowest BCUT2D eigenvalue weighted by atomic mass is 10.3. The van der Waals surface area contributed by atoms with Gasteiger partial charge < -0.3 is 5.32 Å². The molecule has 0 aliphatic heterocycles. The third-order valence-electron chi connectivity index (χ3n) is 2.93. The molecule has 0 spiro atoms. The maximum absolute atomic E-state index is 13.4. The van der Waals surface area contributed by atoms with E-state index in [1.165, 1.54) is 47.6 Å². The van der Waals surface area contributed by atoms with Crippen LogP contribution in [0.25, 0.3) is 10.2 Å². The van der Waals surface area contributed by atoms with E-state index in [0.29, 0.717) is 5.03 Å². The molecule has 24 heavy (non-hydrogen) atoms. The summed E-state index contributed by atoms with van der Waals surface area (Å²) in [5, 5.41) is 7.01. The zero-order chi connectivity index (χ0) is 16.9. The van der Waals surface area contributed by atoms with E-state index < -0.39 is 17.8 Å². The number of aromatic nitrogens is 2. The van der Waals surface area contributed by atoms with Crippen molar-refractivity contribution in [3.8, 4) is 0 Å². The molecule has 2 aromatic heterocycles. The second-order valence-corrected chi connectivity index (χ2v) is 6.46. The van der Waals surface area contributed by atoms with Gasteiger partial charge in [-0.25, -0.2) is 19.2 Å². The number of nitrogens with one attached hydrogen (secondary N) is 2. The Morgan fingerprint density at radius 3 is 2.88 bits per heavy atom. The number of hydrogen-bond donors (Lipinski definition) is 2. The summed E-state index contributed by atoms with van der Waals surface area (Å²) >= 11 is 2.69. The Balaban J connectivity index is 1.55. The van der Waals surface area contributed by atoms with Crippen LogP contribution in [0.5, 0.6) is 0 Å². The number of carbonyl (C=O) groups excluding carboxylic acids is 2. The number of halogens is 1. The molecule has 122 valence electrons. The van der Waals surface area contributed by atoms with Crippen molar-refractivity contribution in [2.45, 2.75) is 5.03 Å². The summed E-state index contributed by atoms with van der Waals surface area (Å²) in [5.74, 6) is -1.07. The Kier molecular flexibility index (Phi) is 5.02. The molecule has 0 unspecified atom stereocenters. The Bertz CT molecular complexity index is 900. The number of amides is 3. The number of carbonyl (C=O) groups is 2. The maximum Gasteiger partial charge on any atom is 0.325 e. The molecule has 9 heteroatoms. The summed E-state index contributed by atoms with van der Waals surface area (Å²) in [5.41, 5.74) is 0.821. The molecule has 0 aliphatic rings. The molecule has 0 bridgehead atoms. The lowest BCUT2D eigenvalue weighted by molar-refractivity contribution is -0.117. The topological polar surface area (TPSA) is 84.0 Å². The lowest BCUT2D eigenvalue weighted by Gasteiger charge is -2.07. The second kappa shape index (κ2) is 7.37. The highest BCUT2D eigenvalue weighted by molar-refractivity contribution is 8.00. The number of urea groups is 1. The first-order valence-corrected chi connectivity index (χ1v) is 8.66. The first-order chi connectivity index (χ1) is 11.6. The number of thioether (sulfide) groups is 1. The van der Waals surface area contributed by atoms with E-state index in [0.717, 1.165) is 10.2 Å². The lowest BCUT2D eigenvalue weighted by Crippen LogP contribution is -2.35. The summed E-state index contributed by atoms with van der Waals surface area (Å²) in [7, 11) is 0. The molecule has 2 N–H and O–H groups in total. The van der Waals surface area contributed by atoms with E-state index in [1.54, 1.807) is 6.07 Å². The van der Waals surface area contributed by atoms with Crippen LogP contribution in [0.15, 0.2) is 47.1 Å². The van der Waals surface area contributed by atoms with Crippen LogP contribution in [0.3, 0.4) is 0 Å². The van der Waals surface area contributed by atoms with Crippen LogP contribution in [-0.2, 0) is 4.79 Å². The quantitative estimate of drug-likeness (QED) is 0.550. The fourth-order valence-electron chi connectivity index (χ4n) is 1.88. The largest absolute Gasteiger partial charge is 0.325 e. The van der Waals surface area contributed by atoms with Gasteiger partial charge in [-0.2, -0.15) is 0 Å². The third kappa shape index (κ3) is 3.87. The fourth-order valence-corrected chi connectivity index (χ4v) is 3.63. The summed E-state index contributed by atoms with van der Waals surface area (Å²) in [6, 6.07) is 6.80. The molecule has 0 radical (unpaired) electrons. The minimum atomic E-state index is -0.783. The smallest absolute Gasteiger partial charge is 0.305 e. The normalized spacial score (nSPS) is 10.5. The van der Waals surface area contributed by atoms with Gasteiger partial charge in [0.1, 0.15) is 17.2 Å². The second-order valence-electron chi connectivity index (χ2n) is 4.58. The van der Waals surface area contributed by atoms with E-state index >= 15 is 0 Å². The number of benzene rings is 1. The molecular formula is C15H11FN4O2S2. The molecule has 1 aromatic carbocycles. The maximum atomic E-state index is 13.4. The van der Waals surface area contributed by atoms with E-state index in [-0.39, 0.29) is 11.4 Å². The predicted molar refractivity (Wildman–Crippen MR) is 91.7 cm³/mol. The molecule has 0 aliphatic carbocycles. The number of thiophene rings is 1. The highest BCUT2D eigenvalue weighted by Gasteiger charge is 2.12. The zero-order valence-electron chi connectivity index (χ0n) is 12.2. The minimum Gasteiger partial charge on any atom is -0.305 e. The number of imide groups is 1. The van der Waals surface area contributed by atoms with Gasteiger partial charge in [-0.15, -0.1) is 11.3 Å². The SMILES string of the molecule is O=C(CSc1ncnc2ccsc12)NC(=O)Nc1ccccc1F. The van der Waals surface area contributed by atoms with Crippen LogP contribution in [0, 0.1) is 5.82 Å². The van der Waals surface area contributed by atoms with Crippen LogP contribution in [0.2, 0.25) is 0 Å². The molecule has 3 rings (SSSR count). The van der Waals surface area contributed by atoms with Crippen LogP contribution >= 0.6 is 23.1 Å². The summed E-state index contributed by atoms with van der Waals surface area (Å²) in [6.07, 6.45) is 1.43. The first kappa shape index (κ1) is 16.3. The molecule has 0 saturated carbocycles. The van der Waals surface area contributed by atoms with E-state index in [1.807, 2.05) is 11.4 Å². The monoisotopic (exact) mass is 362 g/mol. The Labute approximate surface area is 144 Å². The molecule has 2 heterocycles. The highest BCUT2D eigenvalue weighted by Crippen LogP contribution is 2.28. The molecule has 3 amide bonds. The number of fused-ring (bicyclic) bond motifs is 1. The van der Waals surface area contributed by atoms with Crippen LogP contribution in [0.4, 0.5) is 14.9 Å². The first-order valence-electron chi connectivity index (χ1n) is 6.80. The van der Waals surface area contributed by atoms with Crippen molar-refractivity contribution in [2.24, 2.45) is 0 Å². The van der Waals surface area contributed by atoms with E-state index in [9.17, 15) is 14.0 Å². The Morgan fingerprint density at radius 1 is 1.21 bits per heavy atom. The molecule has 0 atom stereocenters. The number of nitrogens with zero attached hydrogens (tertiary/aromatic N) is 2. The van der Waals surface area contributed by atoms with Crippen molar-refractivity contribution >= 4 is 50.9 Å². The van der Waals surface area contributed by atoms with Gasteiger partial charge in [0, 0.05) is 0 Å². The van der Waals surface area contributed by atoms with Crippen molar-refractivity contribution < 1.29 is 14.0 Å². The molecule has 6 nitrogen and oxygen atoms in total. The van der Waals surface area contributed by atoms with Crippen molar-refractivity contribution in [2.75, 3.05) is 11.1 Å². The predicted octanol–water partition coefficient (Wildman–Crippen LogP) is 3.27. The standard InChI is InChI=1S/C15H11FN4O2S2/c16-9-3-1-2-4-10(9)19-15(22)20-12(21)7-24-14-13-11(5-6-23-13)17-8-18-14/h1-6,8H,7H2,(H2,19,20,21,22). The summed E-state index contributed by atoms with van der Waals surface area (Å²) < 4.78 is 14.3. The number of para-hydroxylation sites is 1. The molecule has 0 fully saturated rings. The molecular weight excluding hydrogens is 351 g/mol. The van der Waals surface area contributed by atoms with Crippen molar-refractivity contribution in [1.29, 1.82) is 0 Å². The van der Waals surface area contributed by atoms with Gasteiger partial charge in [0.05, 0.1) is 21.7 Å².